The normalized spacial score (nSPS) is 11.9. The standard InChI is InChI=1S/C38H36N4O2/c43-37(42-36(24-33-25-39-26-41-33)29-12-2-1-3-13-29)20-21-40-38(44)32(22-30-16-8-14-27-10-4-6-18-34(27)30)23-31-17-9-15-28-11-5-7-19-35(28)31/h1-19,25-26,32,36H,20-24H2,(H,39,41)(H,40,44)(H,42,43)/t36-/m0/s1. The third-order valence-electron chi connectivity index (χ3n) is 8.23. The van der Waals surface area contributed by atoms with Crippen LogP contribution in [0, 0.1) is 5.92 Å². The molecule has 0 fully saturated rings. The summed E-state index contributed by atoms with van der Waals surface area (Å²) in [6.07, 6.45) is 5.40. The summed E-state index contributed by atoms with van der Waals surface area (Å²) in [6, 6.07) is 38.9. The van der Waals surface area contributed by atoms with Gasteiger partial charge in [-0.1, -0.05) is 115 Å². The molecular formula is C38H36N4O2. The first kappa shape index (κ1) is 28.9. The van der Waals surface area contributed by atoms with Crippen LogP contribution in [0.1, 0.15) is 34.8 Å². The van der Waals surface area contributed by atoms with E-state index in [1.807, 2.05) is 54.6 Å². The van der Waals surface area contributed by atoms with Crippen molar-refractivity contribution < 1.29 is 9.59 Å². The fourth-order valence-corrected chi connectivity index (χ4v) is 5.99. The molecule has 1 atom stereocenters. The molecule has 1 heterocycles. The zero-order valence-electron chi connectivity index (χ0n) is 24.6. The van der Waals surface area contributed by atoms with Gasteiger partial charge in [-0.3, -0.25) is 9.59 Å². The first-order valence-electron chi connectivity index (χ1n) is 15.2. The van der Waals surface area contributed by atoms with Crippen LogP contribution in [0.5, 0.6) is 0 Å². The second-order valence-corrected chi connectivity index (χ2v) is 11.2. The molecule has 3 N–H and O–H groups in total. The van der Waals surface area contributed by atoms with Gasteiger partial charge in [-0.2, -0.15) is 0 Å². The van der Waals surface area contributed by atoms with Crippen molar-refractivity contribution in [1.29, 1.82) is 0 Å². The minimum Gasteiger partial charge on any atom is -0.355 e. The monoisotopic (exact) mass is 580 g/mol. The molecule has 0 bridgehead atoms. The largest absolute Gasteiger partial charge is 0.355 e. The maximum Gasteiger partial charge on any atom is 0.223 e. The molecule has 0 aliphatic carbocycles. The number of H-pyrrole nitrogens is 1. The number of nitrogens with zero attached hydrogens (tertiary/aromatic N) is 1. The Kier molecular flexibility index (Phi) is 9.07. The van der Waals surface area contributed by atoms with Crippen LogP contribution in [0.2, 0.25) is 0 Å². The number of fused-ring (bicyclic) bond motifs is 2. The zero-order valence-corrected chi connectivity index (χ0v) is 24.6. The Balaban J connectivity index is 1.16. The maximum absolute atomic E-state index is 13.8. The van der Waals surface area contributed by atoms with Crippen LogP contribution >= 0.6 is 0 Å². The van der Waals surface area contributed by atoms with Crippen molar-refractivity contribution in [3.8, 4) is 0 Å². The van der Waals surface area contributed by atoms with E-state index in [-0.39, 0.29) is 36.7 Å². The number of carbonyl (C=O) groups is 2. The summed E-state index contributed by atoms with van der Waals surface area (Å²) in [6.45, 7) is 0.262. The quantitative estimate of drug-likeness (QED) is 0.150. The highest BCUT2D eigenvalue weighted by molar-refractivity contribution is 5.89. The summed E-state index contributed by atoms with van der Waals surface area (Å²) < 4.78 is 0. The number of aromatic nitrogens is 2. The second-order valence-electron chi connectivity index (χ2n) is 11.2. The highest BCUT2D eigenvalue weighted by atomic mass is 16.2. The molecule has 6 rings (SSSR count). The summed E-state index contributed by atoms with van der Waals surface area (Å²) in [7, 11) is 0. The van der Waals surface area contributed by atoms with Gasteiger partial charge >= 0.3 is 0 Å². The molecule has 1 aromatic heterocycles. The molecule has 0 unspecified atom stereocenters. The van der Waals surface area contributed by atoms with E-state index in [9.17, 15) is 9.59 Å². The van der Waals surface area contributed by atoms with Crippen molar-refractivity contribution in [3.63, 3.8) is 0 Å². The number of imidazole rings is 1. The number of hydrogen-bond donors (Lipinski definition) is 3. The van der Waals surface area contributed by atoms with Crippen LogP contribution in [-0.2, 0) is 28.9 Å². The minimum atomic E-state index is -0.299. The van der Waals surface area contributed by atoms with Crippen molar-refractivity contribution in [2.24, 2.45) is 5.92 Å². The highest BCUT2D eigenvalue weighted by Crippen LogP contribution is 2.26. The van der Waals surface area contributed by atoms with Crippen LogP contribution in [0.25, 0.3) is 21.5 Å². The van der Waals surface area contributed by atoms with Gasteiger partial charge in [0.2, 0.25) is 11.8 Å². The molecule has 0 aliphatic rings. The van der Waals surface area contributed by atoms with E-state index < -0.39 is 0 Å². The molecule has 220 valence electrons. The van der Waals surface area contributed by atoms with E-state index in [1.165, 1.54) is 0 Å². The Morgan fingerprint density at radius 3 is 1.89 bits per heavy atom. The smallest absolute Gasteiger partial charge is 0.223 e. The Hall–Kier alpha value is -5.23. The van der Waals surface area contributed by atoms with E-state index in [0.717, 1.165) is 43.9 Å². The number of aromatic amines is 1. The summed E-state index contributed by atoms with van der Waals surface area (Å²) >= 11 is 0. The van der Waals surface area contributed by atoms with Crippen LogP contribution in [0.4, 0.5) is 0 Å². The molecule has 0 radical (unpaired) electrons. The molecule has 6 aromatic rings. The fourth-order valence-electron chi connectivity index (χ4n) is 5.99. The average molecular weight is 581 g/mol. The third kappa shape index (κ3) is 7.04. The van der Waals surface area contributed by atoms with E-state index in [2.05, 4.69) is 81.3 Å². The van der Waals surface area contributed by atoms with E-state index in [1.54, 1.807) is 12.5 Å². The molecule has 2 amide bonds. The summed E-state index contributed by atoms with van der Waals surface area (Å²) in [5, 5.41) is 10.9. The Morgan fingerprint density at radius 1 is 0.682 bits per heavy atom. The molecule has 0 saturated carbocycles. The first-order valence-corrected chi connectivity index (χ1v) is 15.2. The van der Waals surface area contributed by atoms with Gasteiger partial charge in [0.05, 0.1) is 12.4 Å². The number of rotatable bonds is 12. The lowest BCUT2D eigenvalue weighted by Gasteiger charge is -2.20. The van der Waals surface area contributed by atoms with Gasteiger partial charge in [0.15, 0.2) is 0 Å². The number of nitrogens with one attached hydrogen (secondary N) is 3. The van der Waals surface area contributed by atoms with Crippen LogP contribution in [0.3, 0.4) is 0 Å². The summed E-state index contributed by atoms with van der Waals surface area (Å²) in [5.41, 5.74) is 4.25. The van der Waals surface area contributed by atoms with Crippen molar-refractivity contribution in [1.82, 2.24) is 20.6 Å². The van der Waals surface area contributed by atoms with E-state index in [0.29, 0.717) is 19.3 Å². The van der Waals surface area contributed by atoms with Gasteiger partial charge in [0, 0.05) is 37.2 Å². The maximum atomic E-state index is 13.8. The predicted molar refractivity (Wildman–Crippen MR) is 176 cm³/mol. The van der Waals surface area contributed by atoms with Gasteiger partial charge in [-0.25, -0.2) is 4.98 Å². The highest BCUT2D eigenvalue weighted by Gasteiger charge is 2.22. The first-order chi connectivity index (χ1) is 21.6. The lowest BCUT2D eigenvalue weighted by molar-refractivity contribution is -0.125. The molecular weight excluding hydrogens is 544 g/mol. The van der Waals surface area contributed by atoms with Crippen LogP contribution in [0.15, 0.2) is 128 Å². The van der Waals surface area contributed by atoms with E-state index in [4.69, 9.17) is 0 Å². The van der Waals surface area contributed by atoms with Crippen molar-refractivity contribution >= 4 is 33.4 Å². The number of amides is 2. The lowest BCUT2D eigenvalue weighted by atomic mass is 9.88. The summed E-state index contributed by atoms with van der Waals surface area (Å²) in [5.74, 6) is -0.457. The zero-order chi connectivity index (χ0) is 30.1. The molecule has 0 aliphatic heterocycles. The molecule has 0 spiro atoms. The molecule has 5 aromatic carbocycles. The summed E-state index contributed by atoms with van der Waals surface area (Å²) in [4.78, 5) is 34.1. The van der Waals surface area contributed by atoms with Crippen LogP contribution in [-0.4, -0.2) is 28.3 Å². The SMILES string of the molecule is O=C(CCNC(=O)C(Cc1cccc2ccccc12)Cc1cccc2ccccc12)N[C@@H](Cc1cnc[nH]1)c1ccccc1. The lowest BCUT2D eigenvalue weighted by Crippen LogP contribution is -2.37. The van der Waals surface area contributed by atoms with Gasteiger partial charge in [0.1, 0.15) is 0 Å². The van der Waals surface area contributed by atoms with Crippen molar-refractivity contribution in [2.45, 2.75) is 31.7 Å². The number of benzene rings is 5. The van der Waals surface area contributed by atoms with Crippen LogP contribution < -0.4 is 10.6 Å². The third-order valence-corrected chi connectivity index (χ3v) is 8.23. The number of hydrogen-bond acceptors (Lipinski definition) is 3. The molecule has 6 heteroatoms. The van der Waals surface area contributed by atoms with Gasteiger partial charge in [-0.15, -0.1) is 0 Å². The van der Waals surface area contributed by atoms with Gasteiger partial charge in [0.25, 0.3) is 0 Å². The number of carbonyl (C=O) groups excluding carboxylic acids is 2. The molecule has 6 nitrogen and oxygen atoms in total. The van der Waals surface area contributed by atoms with E-state index >= 15 is 0 Å². The van der Waals surface area contributed by atoms with Gasteiger partial charge in [-0.05, 0) is 51.1 Å². The molecule has 44 heavy (non-hydrogen) atoms. The predicted octanol–water partition coefficient (Wildman–Crippen LogP) is 6.72. The average Bonchev–Trinajstić information content (AvgIpc) is 3.58. The minimum absolute atomic E-state index is 0.0456. The Bertz CT molecular complexity index is 1760. The molecule has 0 saturated heterocycles. The second kappa shape index (κ2) is 13.8. The van der Waals surface area contributed by atoms with Gasteiger partial charge < -0.3 is 15.6 Å². The van der Waals surface area contributed by atoms with Crippen molar-refractivity contribution in [3.05, 3.63) is 150 Å². The topological polar surface area (TPSA) is 86.9 Å². The van der Waals surface area contributed by atoms with Crippen molar-refractivity contribution in [2.75, 3.05) is 6.54 Å². The fraction of sp³-hybridized carbons (Fsp3) is 0.184. The Morgan fingerprint density at radius 2 is 1.27 bits per heavy atom. The Labute approximate surface area is 257 Å².